The van der Waals surface area contributed by atoms with Gasteiger partial charge in [-0.15, -0.1) is 0 Å². The van der Waals surface area contributed by atoms with E-state index in [-0.39, 0.29) is 5.82 Å². The average molecular weight is 416 g/mol. The summed E-state index contributed by atoms with van der Waals surface area (Å²) in [6.45, 7) is 6.97. The van der Waals surface area contributed by atoms with Crippen molar-refractivity contribution in [2.24, 2.45) is 10.9 Å². The Kier molecular flexibility index (Phi) is 9.21. The molecule has 0 bridgehead atoms. The number of nitrogens with one attached hydrogen (secondary N) is 2. The molecule has 1 fully saturated rings. The van der Waals surface area contributed by atoms with Gasteiger partial charge in [0, 0.05) is 42.3 Å². The first-order valence-corrected chi connectivity index (χ1v) is 9.60. The summed E-state index contributed by atoms with van der Waals surface area (Å²) in [6, 6.07) is 4.88. The Hall–Kier alpha value is -1.18. The van der Waals surface area contributed by atoms with Crippen LogP contribution in [0.4, 0.5) is 4.39 Å². The van der Waals surface area contributed by atoms with Gasteiger partial charge in [0.05, 0.1) is 19.8 Å². The lowest BCUT2D eigenvalue weighted by atomic mass is 10.1. The number of nitrogens with zero attached hydrogens (tertiary/aromatic N) is 1. The SMILES string of the molecule is CCNC(=NCc1cc(Br)ccc1F)NCCCOCC1CCOC1. The van der Waals surface area contributed by atoms with Crippen molar-refractivity contribution in [3.8, 4) is 0 Å². The lowest BCUT2D eigenvalue weighted by molar-refractivity contribution is 0.0888. The minimum atomic E-state index is -0.243. The van der Waals surface area contributed by atoms with E-state index in [0.29, 0.717) is 30.6 Å². The molecule has 1 atom stereocenters. The van der Waals surface area contributed by atoms with Crippen LogP contribution >= 0.6 is 15.9 Å². The largest absolute Gasteiger partial charge is 0.381 e. The summed E-state index contributed by atoms with van der Waals surface area (Å²) in [5.41, 5.74) is 0.564. The van der Waals surface area contributed by atoms with Crippen LogP contribution in [-0.4, -0.2) is 45.5 Å². The third kappa shape index (κ3) is 7.71. The van der Waals surface area contributed by atoms with E-state index in [9.17, 15) is 4.39 Å². The molecule has 5 nitrogen and oxygen atoms in total. The van der Waals surface area contributed by atoms with Crippen LogP contribution in [0.25, 0.3) is 0 Å². The van der Waals surface area contributed by atoms with Crippen LogP contribution in [-0.2, 0) is 16.0 Å². The van der Waals surface area contributed by atoms with Gasteiger partial charge in [-0.25, -0.2) is 9.38 Å². The molecule has 1 unspecified atom stereocenters. The molecule has 1 aromatic rings. The lowest BCUT2D eigenvalue weighted by Crippen LogP contribution is -2.38. The topological polar surface area (TPSA) is 54.9 Å². The Morgan fingerprint density at radius 2 is 2.32 bits per heavy atom. The molecule has 0 aromatic heterocycles. The summed E-state index contributed by atoms with van der Waals surface area (Å²) in [7, 11) is 0. The Morgan fingerprint density at radius 1 is 1.44 bits per heavy atom. The number of hydrogen-bond acceptors (Lipinski definition) is 3. The number of halogens is 2. The van der Waals surface area contributed by atoms with Crippen molar-refractivity contribution in [1.82, 2.24) is 10.6 Å². The number of guanidine groups is 1. The van der Waals surface area contributed by atoms with Crippen molar-refractivity contribution in [3.63, 3.8) is 0 Å². The molecule has 0 saturated carbocycles. The van der Waals surface area contributed by atoms with Gasteiger partial charge in [-0.3, -0.25) is 0 Å². The van der Waals surface area contributed by atoms with Crippen LogP contribution in [0.2, 0.25) is 0 Å². The van der Waals surface area contributed by atoms with Gasteiger partial charge in [0.1, 0.15) is 5.82 Å². The smallest absolute Gasteiger partial charge is 0.191 e. The minimum absolute atomic E-state index is 0.243. The third-order valence-electron chi connectivity index (χ3n) is 3.89. The van der Waals surface area contributed by atoms with Gasteiger partial charge in [-0.1, -0.05) is 15.9 Å². The second-order valence-corrected chi connectivity index (χ2v) is 6.93. The van der Waals surface area contributed by atoms with Crippen molar-refractivity contribution < 1.29 is 13.9 Å². The van der Waals surface area contributed by atoms with E-state index in [4.69, 9.17) is 9.47 Å². The Bertz CT molecular complexity index is 551. The minimum Gasteiger partial charge on any atom is -0.381 e. The fourth-order valence-electron chi connectivity index (χ4n) is 2.52. The van der Waals surface area contributed by atoms with E-state index in [1.165, 1.54) is 6.07 Å². The third-order valence-corrected chi connectivity index (χ3v) is 4.39. The molecule has 2 rings (SSSR count). The molecule has 0 radical (unpaired) electrons. The van der Waals surface area contributed by atoms with Gasteiger partial charge in [0.25, 0.3) is 0 Å². The molecule has 0 spiro atoms. The van der Waals surface area contributed by atoms with E-state index in [2.05, 4.69) is 31.6 Å². The van der Waals surface area contributed by atoms with Crippen molar-refractivity contribution in [1.29, 1.82) is 0 Å². The van der Waals surface area contributed by atoms with Gasteiger partial charge < -0.3 is 20.1 Å². The van der Waals surface area contributed by atoms with E-state index in [1.807, 2.05) is 6.92 Å². The molecule has 140 valence electrons. The fourth-order valence-corrected chi connectivity index (χ4v) is 2.92. The fraction of sp³-hybridized carbons (Fsp3) is 0.611. The predicted octanol–water partition coefficient (Wildman–Crippen LogP) is 3.09. The first-order chi connectivity index (χ1) is 12.2. The highest BCUT2D eigenvalue weighted by Crippen LogP contribution is 2.16. The molecule has 1 saturated heterocycles. The number of benzene rings is 1. The second-order valence-electron chi connectivity index (χ2n) is 6.02. The van der Waals surface area contributed by atoms with E-state index in [0.717, 1.165) is 50.2 Å². The Labute approximate surface area is 157 Å². The summed E-state index contributed by atoms with van der Waals surface area (Å²) in [6.07, 6.45) is 1.99. The number of hydrogen-bond donors (Lipinski definition) is 2. The van der Waals surface area contributed by atoms with Crippen LogP contribution in [0.5, 0.6) is 0 Å². The zero-order chi connectivity index (χ0) is 17.9. The predicted molar refractivity (Wildman–Crippen MR) is 101 cm³/mol. The quantitative estimate of drug-likeness (QED) is 0.369. The van der Waals surface area contributed by atoms with Gasteiger partial charge in [-0.05, 0) is 38.0 Å². The van der Waals surface area contributed by atoms with Crippen molar-refractivity contribution in [2.45, 2.75) is 26.3 Å². The second kappa shape index (κ2) is 11.4. The van der Waals surface area contributed by atoms with Crippen LogP contribution < -0.4 is 10.6 Å². The summed E-state index contributed by atoms with van der Waals surface area (Å²) < 4.78 is 25.6. The highest BCUT2D eigenvalue weighted by molar-refractivity contribution is 9.10. The molecule has 0 aliphatic carbocycles. The molecule has 1 heterocycles. The molecule has 0 amide bonds. The highest BCUT2D eigenvalue weighted by Gasteiger charge is 2.15. The molecule has 1 aliphatic rings. The lowest BCUT2D eigenvalue weighted by Gasteiger charge is -2.12. The molecule has 25 heavy (non-hydrogen) atoms. The highest BCUT2D eigenvalue weighted by atomic mass is 79.9. The maximum atomic E-state index is 13.8. The first-order valence-electron chi connectivity index (χ1n) is 8.80. The van der Waals surface area contributed by atoms with Crippen LogP contribution in [0, 0.1) is 11.7 Å². The molecule has 1 aromatic carbocycles. The van der Waals surface area contributed by atoms with E-state index in [1.54, 1.807) is 12.1 Å². The van der Waals surface area contributed by atoms with E-state index >= 15 is 0 Å². The molecule has 2 N–H and O–H groups in total. The number of rotatable bonds is 9. The van der Waals surface area contributed by atoms with Crippen molar-refractivity contribution in [2.75, 3.05) is 39.5 Å². The van der Waals surface area contributed by atoms with Crippen LogP contribution in [0.15, 0.2) is 27.7 Å². The molecular formula is C18H27BrFN3O2. The maximum Gasteiger partial charge on any atom is 0.191 e. The first kappa shape index (κ1) is 20.1. The Morgan fingerprint density at radius 3 is 3.08 bits per heavy atom. The van der Waals surface area contributed by atoms with Gasteiger partial charge >= 0.3 is 0 Å². The zero-order valence-corrected chi connectivity index (χ0v) is 16.3. The summed E-state index contributed by atoms with van der Waals surface area (Å²) >= 11 is 3.36. The molecular weight excluding hydrogens is 389 g/mol. The van der Waals surface area contributed by atoms with Gasteiger partial charge in [0.2, 0.25) is 0 Å². The molecule has 1 aliphatic heterocycles. The van der Waals surface area contributed by atoms with Gasteiger partial charge in [0.15, 0.2) is 5.96 Å². The standard InChI is InChI=1S/C18H27BrFN3O2/c1-2-21-18(23-11-15-10-16(19)4-5-17(15)20)22-7-3-8-24-12-14-6-9-25-13-14/h4-5,10,14H,2-3,6-9,11-13H2,1H3,(H2,21,22,23). The zero-order valence-electron chi connectivity index (χ0n) is 14.7. The van der Waals surface area contributed by atoms with Crippen LogP contribution in [0.3, 0.4) is 0 Å². The van der Waals surface area contributed by atoms with E-state index < -0.39 is 0 Å². The number of ether oxygens (including phenoxy) is 2. The Balaban J connectivity index is 1.69. The average Bonchev–Trinajstić information content (AvgIpc) is 3.11. The number of aliphatic imine (C=N–C) groups is 1. The van der Waals surface area contributed by atoms with Gasteiger partial charge in [-0.2, -0.15) is 0 Å². The summed E-state index contributed by atoms with van der Waals surface area (Å²) in [5.74, 6) is 0.991. The summed E-state index contributed by atoms with van der Waals surface area (Å²) in [4.78, 5) is 4.44. The van der Waals surface area contributed by atoms with Crippen molar-refractivity contribution >= 4 is 21.9 Å². The maximum absolute atomic E-state index is 13.8. The van der Waals surface area contributed by atoms with Crippen molar-refractivity contribution in [3.05, 3.63) is 34.1 Å². The normalized spacial score (nSPS) is 17.7. The molecule has 7 heteroatoms. The summed E-state index contributed by atoms with van der Waals surface area (Å²) in [5, 5.41) is 6.42. The monoisotopic (exact) mass is 415 g/mol. The van der Waals surface area contributed by atoms with Crippen LogP contribution in [0.1, 0.15) is 25.3 Å².